The first-order chi connectivity index (χ1) is 7.99. The van der Waals surface area contributed by atoms with Gasteiger partial charge < -0.3 is 5.32 Å². The van der Waals surface area contributed by atoms with Gasteiger partial charge >= 0.3 is 0 Å². The van der Waals surface area contributed by atoms with E-state index in [0.717, 1.165) is 36.4 Å². The Morgan fingerprint density at radius 2 is 2.17 bits per heavy atom. The molecule has 1 fully saturated rings. The number of halogens is 1. The summed E-state index contributed by atoms with van der Waals surface area (Å²) in [5, 5.41) is 3.21. The lowest BCUT2D eigenvalue weighted by atomic mass is 10.1. The number of aryl methyl sites for hydroxylation is 2. The van der Waals surface area contributed by atoms with E-state index in [2.05, 4.69) is 10.0 Å². The molecule has 0 aromatic carbocycles. The van der Waals surface area contributed by atoms with Crippen LogP contribution in [0.1, 0.15) is 23.3 Å². The molecule has 2 N–H and O–H groups in total. The molecule has 1 aliphatic rings. The Morgan fingerprint density at radius 1 is 1.44 bits per heavy atom. The Bertz CT molecular complexity index is 493. The lowest BCUT2D eigenvalue weighted by Crippen LogP contribution is -2.45. The van der Waals surface area contributed by atoms with E-state index in [1.165, 1.54) is 11.3 Å². The van der Waals surface area contributed by atoms with Crippen molar-refractivity contribution in [3.8, 4) is 0 Å². The molecule has 18 heavy (non-hydrogen) atoms. The molecule has 1 saturated heterocycles. The zero-order valence-electron chi connectivity index (χ0n) is 10.5. The minimum atomic E-state index is -3.34. The van der Waals surface area contributed by atoms with Gasteiger partial charge in [0.2, 0.25) is 0 Å². The summed E-state index contributed by atoms with van der Waals surface area (Å²) >= 11 is 1.34. The minimum absolute atomic E-state index is 0. The predicted octanol–water partition coefficient (Wildman–Crippen LogP) is 1.82. The van der Waals surface area contributed by atoms with Gasteiger partial charge in [0.15, 0.2) is 0 Å². The van der Waals surface area contributed by atoms with Gasteiger partial charge in [-0.15, -0.1) is 23.7 Å². The van der Waals surface area contributed by atoms with Crippen molar-refractivity contribution < 1.29 is 8.42 Å². The van der Waals surface area contributed by atoms with Crippen molar-refractivity contribution in [3.05, 3.63) is 16.5 Å². The fourth-order valence-electron chi connectivity index (χ4n) is 2.11. The number of hydrogen-bond donors (Lipinski definition) is 2. The molecular formula is C11H19ClN2O2S2. The molecule has 1 atom stereocenters. The third-order valence-corrected chi connectivity index (χ3v) is 6.17. The molecule has 0 radical (unpaired) electrons. The Balaban J connectivity index is 0.00000162. The van der Waals surface area contributed by atoms with Crippen LogP contribution in [0.4, 0.5) is 0 Å². The molecule has 4 nitrogen and oxygen atoms in total. The van der Waals surface area contributed by atoms with Crippen LogP contribution in [0.15, 0.2) is 10.3 Å². The second-order valence-corrected chi connectivity index (χ2v) is 7.66. The third-order valence-electron chi connectivity index (χ3n) is 2.86. The molecule has 0 aliphatic carbocycles. The molecule has 1 aromatic heterocycles. The predicted molar refractivity (Wildman–Crippen MR) is 77.3 cm³/mol. The van der Waals surface area contributed by atoms with Crippen molar-refractivity contribution in [1.29, 1.82) is 0 Å². The minimum Gasteiger partial charge on any atom is -0.315 e. The number of piperidine rings is 1. The van der Waals surface area contributed by atoms with Gasteiger partial charge in [0.05, 0.1) is 0 Å². The van der Waals surface area contributed by atoms with Crippen molar-refractivity contribution >= 4 is 33.8 Å². The van der Waals surface area contributed by atoms with Gasteiger partial charge in [-0.1, -0.05) is 0 Å². The van der Waals surface area contributed by atoms with Gasteiger partial charge in [-0.2, -0.15) is 0 Å². The van der Waals surface area contributed by atoms with E-state index in [0.29, 0.717) is 4.21 Å². The van der Waals surface area contributed by atoms with Gasteiger partial charge in [0, 0.05) is 17.5 Å². The van der Waals surface area contributed by atoms with Crippen LogP contribution in [0.5, 0.6) is 0 Å². The van der Waals surface area contributed by atoms with Crippen molar-refractivity contribution in [2.75, 3.05) is 13.1 Å². The molecule has 0 amide bonds. The van der Waals surface area contributed by atoms with Crippen LogP contribution in [-0.2, 0) is 10.0 Å². The van der Waals surface area contributed by atoms with E-state index < -0.39 is 10.0 Å². The highest BCUT2D eigenvalue weighted by molar-refractivity contribution is 7.91. The van der Waals surface area contributed by atoms with Crippen molar-refractivity contribution in [2.24, 2.45) is 0 Å². The van der Waals surface area contributed by atoms with E-state index >= 15 is 0 Å². The van der Waals surface area contributed by atoms with Crippen LogP contribution in [-0.4, -0.2) is 27.5 Å². The first-order valence-corrected chi connectivity index (χ1v) is 8.09. The SMILES string of the molecule is Cc1cc(C)c(S(=O)(=O)NC2CCCNC2)s1.Cl. The van der Waals surface area contributed by atoms with Crippen LogP contribution in [0.3, 0.4) is 0 Å². The van der Waals surface area contributed by atoms with Crippen LogP contribution in [0.2, 0.25) is 0 Å². The van der Waals surface area contributed by atoms with E-state index in [1.54, 1.807) is 0 Å². The Kier molecular flexibility index (Phi) is 5.61. The molecule has 2 rings (SSSR count). The molecule has 0 saturated carbocycles. The molecular weight excluding hydrogens is 292 g/mol. The first kappa shape index (κ1) is 15.9. The maximum absolute atomic E-state index is 12.2. The molecule has 104 valence electrons. The Hall–Kier alpha value is -0.140. The number of sulfonamides is 1. The van der Waals surface area contributed by atoms with Crippen molar-refractivity contribution in [1.82, 2.24) is 10.0 Å². The summed E-state index contributed by atoms with van der Waals surface area (Å²) in [6.07, 6.45) is 1.94. The van der Waals surface area contributed by atoms with Crippen LogP contribution >= 0.6 is 23.7 Å². The fourth-order valence-corrected chi connectivity index (χ4v) is 5.07. The summed E-state index contributed by atoms with van der Waals surface area (Å²) in [4.78, 5) is 1.03. The smallest absolute Gasteiger partial charge is 0.250 e. The van der Waals surface area contributed by atoms with Gasteiger partial charge in [-0.05, 0) is 44.9 Å². The van der Waals surface area contributed by atoms with Gasteiger partial charge in [0.1, 0.15) is 4.21 Å². The fraction of sp³-hybridized carbons (Fsp3) is 0.636. The summed E-state index contributed by atoms with van der Waals surface area (Å²) in [7, 11) is -3.34. The highest BCUT2D eigenvalue weighted by Crippen LogP contribution is 2.26. The lowest BCUT2D eigenvalue weighted by Gasteiger charge is -2.23. The average Bonchev–Trinajstić information content (AvgIpc) is 2.59. The number of nitrogens with one attached hydrogen (secondary N) is 2. The molecule has 1 aliphatic heterocycles. The first-order valence-electron chi connectivity index (χ1n) is 5.79. The molecule has 1 aromatic rings. The topological polar surface area (TPSA) is 58.2 Å². The summed E-state index contributed by atoms with van der Waals surface area (Å²) in [6.45, 7) is 5.48. The van der Waals surface area contributed by atoms with Crippen molar-refractivity contribution in [3.63, 3.8) is 0 Å². The van der Waals surface area contributed by atoms with Crippen LogP contribution in [0, 0.1) is 13.8 Å². The normalized spacial score (nSPS) is 20.4. The van der Waals surface area contributed by atoms with E-state index in [4.69, 9.17) is 0 Å². The van der Waals surface area contributed by atoms with E-state index in [1.807, 2.05) is 19.9 Å². The van der Waals surface area contributed by atoms with E-state index in [-0.39, 0.29) is 18.4 Å². The highest BCUT2D eigenvalue weighted by Gasteiger charge is 2.24. The standard InChI is InChI=1S/C11H18N2O2S2.ClH/c1-8-6-9(2)16-11(8)17(14,15)13-10-4-3-5-12-7-10;/h6,10,12-13H,3-5,7H2,1-2H3;1H. The number of thiophene rings is 1. The van der Waals surface area contributed by atoms with Gasteiger partial charge in [0.25, 0.3) is 10.0 Å². The van der Waals surface area contributed by atoms with Crippen molar-refractivity contribution in [2.45, 2.75) is 36.9 Å². The highest BCUT2D eigenvalue weighted by atomic mass is 35.5. The molecule has 7 heteroatoms. The van der Waals surface area contributed by atoms with Crippen LogP contribution in [0.25, 0.3) is 0 Å². The number of rotatable bonds is 3. The molecule has 0 bridgehead atoms. The molecule has 2 heterocycles. The van der Waals surface area contributed by atoms with E-state index in [9.17, 15) is 8.42 Å². The maximum atomic E-state index is 12.2. The summed E-state index contributed by atoms with van der Waals surface area (Å²) in [5.41, 5.74) is 0.837. The van der Waals surface area contributed by atoms with Gasteiger partial charge in [-0.3, -0.25) is 0 Å². The van der Waals surface area contributed by atoms with Crippen LogP contribution < -0.4 is 10.0 Å². The second-order valence-electron chi connectivity index (χ2n) is 4.49. The zero-order chi connectivity index (χ0) is 12.5. The monoisotopic (exact) mass is 310 g/mol. The number of hydrogen-bond acceptors (Lipinski definition) is 4. The quantitative estimate of drug-likeness (QED) is 0.895. The second kappa shape index (κ2) is 6.34. The Labute approximate surface area is 119 Å². The maximum Gasteiger partial charge on any atom is 0.250 e. The van der Waals surface area contributed by atoms with Gasteiger partial charge in [-0.25, -0.2) is 13.1 Å². The summed E-state index contributed by atoms with van der Waals surface area (Å²) < 4.78 is 27.7. The Morgan fingerprint density at radius 3 is 2.67 bits per heavy atom. The average molecular weight is 311 g/mol. The third kappa shape index (κ3) is 3.68. The molecule has 0 spiro atoms. The summed E-state index contributed by atoms with van der Waals surface area (Å²) in [6, 6.07) is 1.94. The largest absolute Gasteiger partial charge is 0.315 e. The summed E-state index contributed by atoms with van der Waals surface area (Å²) in [5.74, 6) is 0. The zero-order valence-corrected chi connectivity index (χ0v) is 13.0. The lowest BCUT2D eigenvalue weighted by molar-refractivity contribution is 0.429. The molecule has 1 unspecified atom stereocenters.